The van der Waals surface area contributed by atoms with Crippen LogP contribution in [0, 0.1) is 0 Å². The Morgan fingerprint density at radius 2 is 1.85 bits per heavy atom. The van der Waals surface area contributed by atoms with E-state index in [1.165, 1.54) is 6.26 Å². The third-order valence-electron chi connectivity index (χ3n) is 4.42. The highest BCUT2D eigenvalue weighted by molar-refractivity contribution is 6.03. The Kier molecular flexibility index (Phi) is 4.68. The number of nitrogens with one attached hydrogen (secondary N) is 1. The lowest BCUT2D eigenvalue weighted by molar-refractivity contribution is -0.00521. The quantitative estimate of drug-likeness (QED) is 0.755. The van der Waals surface area contributed by atoms with Crippen LogP contribution in [0.1, 0.15) is 24.3 Å². The number of amides is 1. The summed E-state index contributed by atoms with van der Waals surface area (Å²) in [7, 11) is 0. The molecule has 2 atom stereocenters. The first-order chi connectivity index (χ1) is 13.1. The summed E-state index contributed by atoms with van der Waals surface area (Å²) in [4.78, 5) is 14.7. The molecule has 0 saturated carbocycles. The second kappa shape index (κ2) is 7.28. The Morgan fingerprint density at radius 3 is 2.52 bits per heavy atom. The molecule has 1 aliphatic heterocycles. The normalized spacial score (nSPS) is 19.9. The lowest BCUT2D eigenvalue weighted by Gasteiger charge is -2.36. The van der Waals surface area contributed by atoms with Crippen molar-refractivity contribution >= 4 is 17.3 Å². The molecular weight excluding hydrogens is 346 g/mol. The summed E-state index contributed by atoms with van der Waals surface area (Å²) in [6.45, 7) is 5.85. The highest BCUT2D eigenvalue weighted by Gasteiger charge is 2.22. The first-order valence-corrected chi connectivity index (χ1v) is 8.91. The van der Waals surface area contributed by atoms with Gasteiger partial charge in [0.2, 0.25) is 5.76 Å². The van der Waals surface area contributed by atoms with Crippen LogP contribution in [0.3, 0.4) is 0 Å². The first-order valence-electron chi connectivity index (χ1n) is 8.91. The molecular formula is C20H21N3O4. The van der Waals surface area contributed by atoms with Crippen molar-refractivity contribution in [1.82, 2.24) is 5.16 Å². The van der Waals surface area contributed by atoms with E-state index < -0.39 is 0 Å². The summed E-state index contributed by atoms with van der Waals surface area (Å²) in [5.41, 5.74) is 2.00. The molecule has 1 aromatic carbocycles. The third-order valence-corrected chi connectivity index (χ3v) is 4.42. The first kappa shape index (κ1) is 17.4. The Bertz CT molecular complexity index is 892. The lowest BCUT2D eigenvalue weighted by Crippen LogP contribution is -2.45. The second-order valence-corrected chi connectivity index (χ2v) is 6.72. The van der Waals surface area contributed by atoms with Crippen molar-refractivity contribution in [2.45, 2.75) is 26.1 Å². The van der Waals surface area contributed by atoms with Gasteiger partial charge in [-0.05, 0) is 50.2 Å². The highest BCUT2D eigenvalue weighted by Crippen LogP contribution is 2.24. The van der Waals surface area contributed by atoms with Crippen LogP contribution in [-0.4, -0.2) is 36.4 Å². The molecule has 27 heavy (non-hydrogen) atoms. The van der Waals surface area contributed by atoms with Gasteiger partial charge in [-0.1, -0.05) is 5.16 Å². The van der Waals surface area contributed by atoms with E-state index in [0.717, 1.165) is 18.8 Å². The summed E-state index contributed by atoms with van der Waals surface area (Å²) in [5, 5.41) is 6.64. The minimum absolute atomic E-state index is 0.196. The van der Waals surface area contributed by atoms with Gasteiger partial charge in [0, 0.05) is 30.5 Å². The number of rotatable bonds is 4. The van der Waals surface area contributed by atoms with Crippen LogP contribution < -0.4 is 10.2 Å². The maximum Gasteiger partial charge on any atom is 0.277 e. The summed E-state index contributed by atoms with van der Waals surface area (Å²) >= 11 is 0. The van der Waals surface area contributed by atoms with Crippen LogP contribution in [0.2, 0.25) is 0 Å². The molecule has 4 rings (SSSR count). The molecule has 1 fully saturated rings. The minimum Gasteiger partial charge on any atom is -0.461 e. The summed E-state index contributed by atoms with van der Waals surface area (Å²) < 4.78 is 16.2. The van der Waals surface area contributed by atoms with Crippen LogP contribution in [-0.2, 0) is 4.74 Å². The van der Waals surface area contributed by atoms with Gasteiger partial charge < -0.3 is 23.9 Å². The number of morpholine rings is 1. The molecule has 7 nitrogen and oxygen atoms in total. The van der Waals surface area contributed by atoms with Crippen LogP contribution in [0.5, 0.6) is 0 Å². The minimum atomic E-state index is -0.335. The maximum absolute atomic E-state index is 12.4. The van der Waals surface area contributed by atoms with E-state index in [1.54, 1.807) is 18.2 Å². The zero-order valence-corrected chi connectivity index (χ0v) is 15.2. The van der Waals surface area contributed by atoms with E-state index in [2.05, 4.69) is 29.2 Å². The topological polar surface area (TPSA) is 80.7 Å². The lowest BCUT2D eigenvalue weighted by atomic mass is 10.2. The van der Waals surface area contributed by atoms with Gasteiger partial charge in [0.05, 0.1) is 18.5 Å². The summed E-state index contributed by atoms with van der Waals surface area (Å²) in [5.74, 6) is 0.605. The Balaban J connectivity index is 1.42. The maximum atomic E-state index is 12.4. The predicted octanol–water partition coefficient (Wildman–Crippen LogP) is 3.80. The zero-order chi connectivity index (χ0) is 18.8. The Hall–Kier alpha value is -3.06. The fourth-order valence-electron chi connectivity index (χ4n) is 3.26. The Morgan fingerprint density at radius 1 is 1.11 bits per heavy atom. The van der Waals surface area contributed by atoms with Crippen molar-refractivity contribution in [3.8, 4) is 11.5 Å². The van der Waals surface area contributed by atoms with Crippen molar-refractivity contribution in [3.63, 3.8) is 0 Å². The van der Waals surface area contributed by atoms with Crippen molar-refractivity contribution < 1.29 is 18.5 Å². The largest absolute Gasteiger partial charge is 0.461 e. The number of hydrogen-bond donors (Lipinski definition) is 1. The molecule has 2 aromatic heterocycles. The van der Waals surface area contributed by atoms with Crippen molar-refractivity contribution in [2.75, 3.05) is 23.3 Å². The van der Waals surface area contributed by atoms with Crippen LogP contribution in [0.25, 0.3) is 11.5 Å². The van der Waals surface area contributed by atoms with Gasteiger partial charge in [0.25, 0.3) is 5.91 Å². The van der Waals surface area contributed by atoms with E-state index in [9.17, 15) is 4.79 Å². The molecule has 0 spiro atoms. The van der Waals surface area contributed by atoms with Gasteiger partial charge in [-0.2, -0.15) is 0 Å². The monoisotopic (exact) mass is 367 g/mol. The molecule has 3 heterocycles. The molecule has 1 amide bonds. The van der Waals surface area contributed by atoms with Crippen molar-refractivity contribution in [3.05, 3.63) is 54.4 Å². The number of benzene rings is 1. The molecule has 1 N–H and O–H groups in total. The standard InChI is InChI=1S/C20H21N3O4/c1-13-11-23(12-14(2)26-13)16-7-5-15(6-8-16)21-20(24)17-10-19(27-22-17)18-4-3-9-25-18/h3-10,13-14H,11-12H2,1-2H3,(H,21,24)/t13-,14+. The molecule has 0 radical (unpaired) electrons. The fraction of sp³-hybridized carbons (Fsp3) is 0.300. The number of anilines is 2. The second-order valence-electron chi connectivity index (χ2n) is 6.72. The fourth-order valence-corrected chi connectivity index (χ4v) is 3.26. The number of hydrogen-bond acceptors (Lipinski definition) is 6. The molecule has 0 aliphatic carbocycles. The van der Waals surface area contributed by atoms with Crippen molar-refractivity contribution in [2.24, 2.45) is 0 Å². The Labute approximate surface area is 156 Å². The molecule has 3 aromatic rings. The van der Waals surface area contributed by atoms with E-state index in [-0.39, 0.29) is 23.8 Å². The van der Waals surface area contributed by atoms with Crippen LogP contribution in [0.4, 0.5) is 11.4 Å². The zero-order valence-electron chi connectivity index (χ0n) is 15.2. The number of nitrogens with zero attached hydrogens (tertiary/aromatic N) is 2. The molecule has 1 aliphatic rings. The molecule has 0 bridgehead atoms. The number of furan rings is 1. The number of carbonyl (C=O) groups is 1. The number of carbonyl (C=O) groups excluding carboxylic acids is 1. The van der Waals surface area contributed by atoms with Gasteiger partial charge in [0.1, 0.15) is 0 Å². The molecule has 140 valence electrons. The van der Waals surface area contributed by atoms with Gasteiger partial charge in [0.15, 0.2) is 11.5 Å². The predicted molar refractivity (Wildman–Crippen MR) is 101 cm³/mol. The van der Waals surface area contributed by atoms with Gasteiger partial charge in [-0.15, -0.1) is 0 Å². The van der Waals surface area contributed by atoms with E-state index in [1.807, 2.05) is 24.3 Å². The van der Waals surface area contributed by atoms with E-state index in [4.69, 9.17) is 13.7 Å². The smallest absolute Gasteiger partial charge is 0.277 e. The molecule has 0 unspecified atom stereocenters. The van der Waals surface area contributed by atoms with E-state index in [0.29, 0.717) is 17.2 Å². The molecule has 7 heteroatoms. The van der Waals surface area contributed by atoms with Crippen LogP contribution >= 0.6 is 0 Å². The van der Waals surface area contributed by atoms with Gasteiger partial charge >= 0.3 is 0 Å². The third kappa shape index (κ3) is 3.88. The van der Waals surface area contributed by atoms with Crippen LogP contribution in [0.15, 0.2) is 57.7 Å². The highest BCUT2D eigenvalue weighted by atomic mass is 16.5. The number of aromatic nitrogens is 1. The SMILES string of the molecule is C[C@@H]1CN(c2ccc(NC(=O)c3cc(-c4ccco4)on3)cc2)C[C@H](C)O1. The average Bonchev–Trinajstić information content (AvgIpc) is 3.33. The van der Waals surface area contributed by atoms with Crippen molar-refractivity contribution in [1.29, 1.82) is 0 Å². The summed E-state index contributed by atoms with van der Waals surface area (Å²) in [6, 6.07) is 12.8. The van der Waals surface area contributed by atoms with E-state index >= 15 is 0 Å². The molecule has 1 saturated heterocycles. The average molecular weight is 367 g/mol. The van der Waals surface area contributed by atoms with Gasteiger partial charge in [-0.25, -0.2) is 0 Å². The number of ether oxygens (including phenoxy) is 1. The summed E-state index contributed by atoms with van der Waals surface area (Å²) in [6.07, 6.45) is 1.93. The van der Waals surface area contributed by atoms with Gasteiger partial charge in [-0.3, -0.25) is 4.79 Å².